The Bertz CT molecular complexity index is 453. The van der Waals surface area contributed by atoms with Crippen LogP contribution in [0.4, 0.5) is 0 Å². The van der Waals surface area contributed by atoms with Crippen molar-refractivity contribution in [1.82, 2.24) is 0 Å². The van der Waals surface area contributed by atoms with Gasteiger partial charge in [-0.3, -0.25) is 4.79 Å². The molecule has 1 aliphatic carbocycles. The van der Waals surface area contributed by atoms with E-state index in [-0.39, 0.29) is 5.92 Å². The lowest BCUT2D eigenvalue weighted by Crippen LogP contribution is -2.32. The molecule has 1 aromatic rings. The van der Waals surface area contributed by atoms with E-state index in [0.717, 1.165) is 17.9 Å². The molecule has 0 N–H and O–H groups in total. The molecule has 1 fully saturated rings. The van der Waals surface area contributed by atoms with Crippen molar-refractivity contribution in [2.45, 2.75) is 25.7 Å². The molecule has 0 saturated heterocycles. The number of hydrogen-bond acceptors (Lipinski definition) is 3. The van der Waals surface area contributed by atoms with Crippen LogP contribution in [0, 0.1) is 5.92 Å². The van der Waals surface area contributed by atoms with Gasteiger partial charge in [0.25, 0.3) is 0 Å². The first-order valence-electron chi connectivity index (χ1n) is 6.18. The Balaban J connectivity index is 1.87. The molecule has 0 bridgehead atoms. The highest BCUT2D eigenvalue weighted by atomic mass is 16.5. The first-order chi connectivity index (χ1) is 8.25. The normalized spacial score (nSPS) is 27.2. The number of hydrogen-bond donors (Lipinski definition) is 0. The Morgan fingerprint density at radius 3 is 2.65 bits per heavy atom. The van der Waals surface area contributed by atoms with Crippen molar-refractivity contribution in [3.05, 3.63) is 23.8 Å². The Morgan fingerprint density at radius 1 is 1.18 bits per heavy atom. The van der Waals surface area contributed by atoms with Gasteiger partial charge in [-0.2, -0.15) is 0 Å². The molecule has 90 valence electrons. The van der Waals surface area contributed by atoms with E-state index in [9.17, 15) is 4.79 Å². The highest BCUT2D eigenvalue weighted by molar-refractivity contribution is 5.89. The second-order valence-corrected chi connectivity index (χ2v) is 4.82. The lowest BCUT2D eigenvalue weighted by Gasteiger charge is -2.32. The summed E-state index contributed by atoms with van der Waals surface area (Å²) in [7, 11) is 0. The van der Waals surface area contributed by atoms with Gasteiger partial charge in [0.05, 0.1) is 13.2 Å². The van der Waals surface area contributed by atoms with Crippen molar-refractivity contribution in [3.8, 4) is 11.5 Å². The van der Waals surface area contributed by atoms with E-state index in [2.05, 4.69) is 6.07 Å². The minimum Gasteiger partial charge on any atom is -0.490 e. The maximum Gasteiger partial charge on any atom is 0.161 e. The summed E-state index contributed by atoms with van der Waals surface area (Å²) in [6, 6.07) is 6.06. The van der Waals surface area contributed by atoms with Gasteiger partial charge in [-0.1, -0.05) is 13.0 Å². The molecule has 1 aliphatic heterocycles. The fourth-order valence-electron chi connectivity index (χ4n) is 2.46. The quantitative estimate of drug-likeness (QED) is 0.746. The lowest BCUT2D eigenvalue weighted by molar-refractivity contribution is -0.130. The topological polar surface area (TPSA) is 35.5 Å². The van der Waals surface area contributed by atoms with Crippen molar-refractivity contribution >= 4 is 5.78 Å². The predicted octanol–water partition coefficient (Wildman–Crippen LogP) is 2.54. The van der Waals surface area contributed by atoms with Crippen LogP contribution in [0.25, 0.3) is 0 Å². The molecular weight excluding hydrogens is 216 g/mol. The van der Waals surface area contributed by atoms with Gasteiger partial charge in [-0.05, 0) is 17.7 Å². The summed E-state index contributed by atoms with van der Waals surface area (Å²) in [5.41, 5.74) is 1.20. The first kappa shape index (κ1) is 10.6. The summed E-state index contributed by atoms with van der Waals surface area (Å²) in [6.07, 6.45) is 1.59. The number of carbonyl (C=O) groups excluding carboxylic acids is 1. The van der Waals surface area contributed by atoms with Crippen LogP contribution < -0.4 is 9.47 Å². The number of carbonyl (C=O) groups is 1. The zero-order valence-corrected chi connectivity index (χ0v) is 9.94. The number of fused-ring (bicyclic) bond motifs is 1. The van der Waals surface area contributed by atoms with Crippen LogP contribution in [0.15, 0.2) is 18.2 Å². The first-order valence-corrected chi connectivity index (χ1v) is 6.18. The van der Waals surface area contributed by atoms with Gasteiger partial charge in [0.2, 0.25) is 0 Å². The molecule has 1 saturated carbocycles. The summed E-state index contributed by atoms with van der Waals surface area (Å²) in [5, 5.41) is 0. The number of ether oxygens (including phenoxy) is 2. The lowest BCUT2D eigenvalue weighted by atomic mass is 9.70. The van der Waals surface area contributed by atoms with Crippen LogP contribution in [-0.4, -0.2) is 19.0 Å². The average Bonchev–Trinajstić information content (AvgIpc) is 2.59. The smallest absolute Gasteiger partial charge is 0.161 e. The summed E-state index contributed by atoms with van der Waals surface area (Å²) in [5.74, 6) is 2.53. The third kappa shape index (κ3) is 1.79. The van der Waals surface area contributed by atoms with Gasteiger partial charge >= 0.3 is 0 Å². The minimum absolute atomic E-state index is 0.153. The standard InChI is InChI=1S/C14H16O3/c1-9-11(8-12(9)15)10-3-4-13-14(7-10)17-6-2-5-16-13/h3-4,7,9,11H,2,5-6,8H2,1H3. The zero-order chi connectivity index (χ0) is 11.8. The number of ketones is 1. The molecule has 0 aromatic heterocycles. The zero-order valence-electron chi connectivity index (χ0n) is 9.94. The third-order valence-corrected chi connectivity index (χ3v) is 3.73. The highest BCUT2D eigenvalue weighted by Gasteiger charge is 2.37. The van der Waals surface area contributed by atoms with Crippen LogP contribution in [0.5, 0.6) is 11.5 Å². The molecule has 3 nitrogen and oxygen atoms in total. The average molecular weight is 232 g/mol. The van der Waals surface area contributed by atoms with E-state index in [1.165, 1.54) is 5.56 Å². The molecule has 1 aromatic carbocycles. The van der Waals surface area contributed by atoms with Gasteiger partial charge < -0.3 is 9.47 Å². The fourth-order valence-corrected chi connectivity index (χ4v) is 2.46. The Hall–Kier alpha value is -1.51. The minimum atomic E-state index is 0.153. The number of benzene rings is 1. The molecule has 2 aliphatic rings. The Morgan fingerprint density at radius 2 is 1.94 bits per heavy atom. The molecule has 3 heteroatoms. The largest absolute Gasteiger partial charge is 0.490 e. The van der Waals surface area contributed by atoms with Gasteiger partial charge in [0.15, 0.2) is 11.5 Å². The van der Waals surface area contributed by atoms with Crippen molar-refractivity contribution in [3.63, 3.8) is 0 Å². The second-order valence-electron chi connectivity index (χ2n) is 4.82. The van der Waals surface area contributed by atoms with Crippen molar-refractivity contribution in [1.29, 1.82) is 0 Å². The Labute approximate surface area is 101 Å². The van der Waals surface area contributed by atoms with Gasteiger partial charge in [0.1, 0.15) is 5.78 Å². The van der Waals surface area contributed by atoms with Crippen LogP contribution in [0.3, 0.4) is 0 Å². The van der Waals surface area contributed by atoms with Gasteiger partial charge in [-0.25, -0.2) is 0 Å². The summed E-state index contributed by atoms with van der Waals surface area (Å²) < 4.78 is 11.3. The molecular formula is C14H16O3. The molecule has 2 atom stereocenters. The maximum atomic E-state index is 11.3. The molecule has 3 rings (SSSR count). The number of Topliss-reactive ketones (excluding diaryl/α,β-unsaturated/α-hetero) is 1. The third-order valence-electron chi connectivity index (χ3n) is 3.73. The van der Waals surface area contributed by atoms with E-state index >= 15 is 0 Å². The highest BCUT2D eigenvalue weighted by Crippen LogP contribution is 2.42. The summed E-state index contributed by atoms with van der Waals surface area (Å²) in [6.45, 7) is 3.42. The van der Waals surface area contributed by atoms with Crippen molar-refractivity contribution in [2.24, 2.45) is 5.92 Å². The van der Waals surface area contributed by atoms with E-state index < -0.39 is 0 Å². The number of rotatable bonds is 1. The summed E-state index contributed by atoms with van der Waals surface area (Å²) in [4.78, 5) is 11.3. The van der Waals surface area contributed by atoms with Gasteiger partial charge in [-0.15, -0.1) is 0 Å². The molecule has 17 heavy (non-hydrogen) atoms. The van der Waals surface area contributed by atoms with E-state index in [4.69, 9.17) is 9.47 Å². The monoisotopic (exact) mass is 232 g/mol. The predicted molar refractivity (Wildman–Crippen MR) is 63.6 cm³/mol. The van der Waals surface area contributed by atoms with Crippen LogP contribution >= 0.6 is 0 Å². The molecule has 1 heterocycles. The molecule has 0 amide bonds. The van der Waals surface area contributed by atoms with E-state index in [1.807, 2.05) is 19.1 Å². The summed E-state index contributed by atoms with van der Waals surface area (Å²) >= 11 is 0. The van der Waals surface area contributed by atoms with Gasteiger partial charge in [0, 0.05) is 24.7 Å². The molecule has 2 unspecified atom stereocenters. The van der Waals surface area contributed by atoms with E-state index in [0.29, 0.717) is 31.3 Å². The molecule has 0 spiro atoms. The van der Waals surface area contributed by atoms with Crippen molar-refractivity contribution < 1.29 is 14.3 Å². The van der Waals surface area contributed by atoms with Crippen molar-refractivity contribution in [2.75, 3.05) is 13.2 Å². The molecule has 0 radical (unpaired) electrons. The fraction of sp³-hybridized carbons (Fsp3) is 0.500. The van der Waals surface area contributed by atoms with Crippen LogP contribution in [0.1, 0.15) is 31.2 Å². The van der Waals surface area contributed by atoms with Crippen LogP contribution in [-0.2, 0) is 4.79 Å². The van der Waals surface area contributed by atoms with Crippen LogP contribution in [0.2, 0.25) is 0 Å². The van der Waals surface area contributed by atoms with E-state index in [1.54, 1.807) is 0 Å². The maximum absolute atomic E-state index is 11.3. The second kappa shape index (κ2) is 4.06. The Kier molecular flexibility index (Phi) is 2.54. The SMILES string of the molecule is CC1C(=O)CC1c1ccc2c(c1)OCCCO2.